The van der Waals surface area contributed by atoms with Crippen molar-refractivity contribution in [3.05, 3.63) is 59.7 Å². The molecule has 7 nitrogen and oxygen atoms in total. The van der Waals surface area contributed by atoms with Crippen LogP contribution in [0.2, 0.25) is 0 Å². The lowest BCUT2D eigenvalue weighted by atomic mass is 10.1. The molecule has 0 heterocycles. The molecule has 0 saturated carbocycles. The monoisotopic (exact) mass is 424 g/mol. The zero-order valence-electron chi connectivity index (χ0n) is 18.5. The Morgan fingerprint density at radius 1 is 0.968 bits per heavy atom. The zero-order chi connectivity index (χ0) is 22.6. The first-order valence-corrected chi connectivity index (χ1v) is 10.6. The Kier molecular flexibility index (Phi) is 9.55. The minimum absolute atomic E-state index is 0.0985. The van der Waals surface area contributed by atoms with Crippen LogP contribution in [0.1, 0.15) is 42.1 Å². The summed E-state index contributed by atoms with van der Waals surface area (Å²) in [5, 5.41) is 8.75. The van der Waals surface area contributed by atoms with E-state index in [9.17, 15) is 14.4 Å². The maximum absolute atomic E-state index is 12.3. The normalized spacial score (nSPS) is 10.3. The maximum Gasteiger partial charge on any atom is 0.251 e. The Morgan fingerprint density at radius 3 is 2.39 bits per heavy atom. The van der Waals surface area contributed by atoms with Crippen LogP contribution in [-0.2, 0) is 16.0 Å². The van der Waals surface area contributed by atoms with Gasteiger partial charge in [-0.05, 0) is 48.7 Å². The maximum atomic E-state index is 12.3. The zero-order valence-corrected chi connectivity index (χ0v) is 18.5. The number of nitrogens with one attached hydrogen (secondary N) is 3. The largest absolute Gasteiger partial charge is 0.376 e. The highest BCUT2D eigenvalue weighted by atomic mass is 16.2. The molecule has 0 saturated heterocycles. The van der Waals surface area contributed by atoms with Crippen molar-refractivity contribution in [2.45, 2.75) is 32.6 Å². The molecule has 3 N–H and O–H groups in total. The summed E-state index contributed by atoms with van der Waals surface area (Å²) in [5.41, 5.74) is 2.99. The first kappa shape index (κ1) is 23.9. The highest BCUT2D eigenvalue weighted by Gasteiger charge is 2.08. The summed E-state index contributed by atoms with van der Waals surface area (Å²) < 4.78 is 0. The van der Waals surface area contributed by atoms with E-state index in [0.29, 0.717) is 30.6 Å². The molecule has 0 spiro atoms. The van der Waals surface area contributed by atoms with Gasteiger partial charge in [0.05, 0.1) is 6.54 Å². The van der Waals surface area contributed by atoms with Gasteiger partial charge in [0.2, 0.25) is 11.8 Å². The van der Waals surface area contributed by atoms with Crippen LogP contribution in [0.15, 0.2) is 48.5 Å². The molecule has 0 unspecified atom stereocenters. The Labute approximate surface area is 184 Å². The molecule has 0 atom stereocenters. The van der Waals surface area contributed by atoms with E-state index < -0.39 is 0 Å². The van der Waals surface area contributed by atoms with Crippen LogP contribution in [-0.4, -0.2) is 49.8 Å². The van der Waals surface area contributed by atoms with Gasteiger partial charge in [-0.25, -0.2) is 0 Å². The number of nitrogens with zero attached hydrogens (tertiary/aromatic N) is 1. The second kappa shape index (κ2) is 12.4. The van der Waals surface area contributed by atoms with Crippen LogP contribution < -0.4 is 16.0 Å². The molecule has 31 heavy (non-hydrogen) atoms. The van der Waals surface area contributed by atoms with E-state index in [1.807, 2.05) is 24.3 Å². The summed E-state index contributed by atoms with van der Waals surface area (Å²) in [6.45, 7) is 2.81. The number of hydrogen-bond acceptors (Lipinski definition) is 4. The molecule has 0 radical (unpaired) electrons. The SMILES string of the molecule is CCCCNC(=O)c1cccc(NC(=O)CNc2ccc(CCC(=O)N(C)C)cc2)c1. The molecule has 7 heteroatoms. The van der Waals surface area contributed by atoms with Crippen LogP contribution in [0.3, 0.4) is 0 Å². The van der Waals surface area contributed by atoms with Crippen molar-refractivity contribution in [2.75, 3.05) is 37.8 Å². The highest BCUT2D eigenvalue weighted by molar-refractivity contribution is 5.98. The Balaban J connectivity index is 1.80. The van der Waals surface area contributed by atoms with E-state index in [1.54, 1.807) is 43.3 Å². The van der Waals surface area contributed by atoms with Crippen LogP contribution in [0.5, 0.6) is 0 Å². The molecule has 0 aliphatic heterocycles. The van der Waals surface area contributed by atoms with E-state index in [0.717, 1.165) is 24.1 Å². The molecular weight excluding hydrogens is 392 g/mol. The van der Waals surface area contributed by atoms with Gasteiger partial charge in [-0.15, -0.1) is 0 Å². The van der Waals surface area contributed by atoms with Crippen molar-refractivity contribution < 1.29 is 14.4 Å². The lowest BCUT2D eigenvalue weighted by molar-refractivity contribution is -0.128. The number of amides is 3. The van der Waals surface area contributed by atoms with Gasteiger partial charge in [0.25, 0.3) is 5.91 Å². The quantitative estimate of drug-likeness (QED) is 0.483. The Hall–Kier alpha value is -3.35. The number of unbranched alkanes of at least 4 members (excludes halogenated alkanes) is 1. The van der Waals surface area contributed by atoms with Gasteiger partial charge in [0.15, 0.2) is 0 Å². The second-order valence-corrected chi connectivity index (χ2v) is 7.58. The topological polar surface area (TPSA) is 90.5 Å². The van der Waals surface area contributed by atoms with Crippen LogP contribution in [0.25, 0.3) is 0 Å². The summed E-state index contributed by atoms with van der Waals surface area (Å²) >= 11 is 0. The van der Waals surface area contributed by atoms with Gasteiger partial charge in [-0.1, -0.05) is 31.5 Å². The van der Waals surface area contributed by atoms with Gasteiger partial charge < -0.3 is 20.9 Å². The fourth-order valence-corrected chi connectivity index (χ4v) is 2.87. The Morgan fingerprint density at radius 2 is 1.71 bits per heavy atom. The van der Waals surface area contributed by atoms with E-state index in [4.69, 9.17) is 0 Å². The van der Waals surface area contributed by atoms with E-state index >= 15 is 0 Å². The molecule has 166 valence electrons. The standard InChI is InChI=1S/C24H32N4O3/c1-4-5-15-25-24(31)19-7-6-8-21(16-19)27-22(29)17-26-20-12-9-18(10-13-20)11-14-23(30)28(2)3/h6-10,12-13,16,26H,4-5,11,14-15,17H2,1-3H3,(H,25,31)(H,27,29). The average molecular weight is 425 g/mol. The third-order valence-electron chi connectivity index (χ3n) is 4.76. The lowest BCUT2D eigenvalue weighted by Crippen LogP contribution is -2.25. The van der Waals surface area contributed by atoms with E-state index in [-0.39, 0.29) is 24.3 Å². The predicted molar refractivity (Wildman–Crippen MR) is 124 cm³/mol. The van der Waals surface area contributed by atoms with E-state index in [2.05, 4.69) is 22.9 Å². The van der Waals surface area contributed by atoms with Gasteiger partial charge >= 0.3 is 0 Å². The summed E-state index contributed by atoms with van der Waals surface area (Å²) in [5.74, 6) is -0.249. The molecule has 3 amide bonds. The van der Waals surface area contributed by atoms with Gasteiger partial charge in [0, 0.05) is 44.0 Å². The number of anilines is 2. The van der Waals surface area contributed by atoms with Crippen molar-refractivity contribution in [1.82, 2.24) is 10.2 Å². The third-order valence-corrected chi connectivity index (χ3v) is 4.76. The Bertz CT molecular complexity index is 879. The number of benzene rings is 2. The smallest absolute Gasteiger partial charge is 0.251 e. The number of carbonyl (C=O) groups excluding carboxylic acids is 3. The van der Waals surface area contributed by atoms with Crippen molar-refractivity contribution in [3.63, 3.8) is 0 Å². The number of rotatable bonds is 11. The van der Waals surface area contributed by atoms with Crippen LogP contribution in [0.4, 0.5) is 11.4 Å². The molecule has 0 bridgehead atoms. The molecular formula is C24H32N4O3. The molecule has 2 aromatic rings. The fourth-order valence-electron chi connectivity index (χ4n) is 2.87. The molecule has 0 aliphatic rings. The van der Waals surface area contributed by atoms with Crippen molar-refractivity contribution in [1.29, 1.82) is 0 Å². The van der Waals surface area contributed by atoms with E-state index in [1.165, 1.54) is 0 Å². The fraction of sp³-hybridized carbons (Fsp3) is 0.375. The van der Waals surface area contributed by atoms with Gasteiger partial charge in [-0.2, -0.15) is 0 Å². The minimum atomic E-state index is -0.204. The predicted octanol–water partition coefficient (Wildman–Crippen LogP) is 3.29. The summed E-state index contributed by atoms with van der Waals surface area (Å²) in [6.07, 6.45) is 3.10. The second-order valence-electron chi connectivity index (χ2n) is 7.58. The molecule has 0 fully saturated rings. The summed E-state index contributed by atoms with van der Waals surface area (Å²) in [4.78, 5) is 37.7. The van der Waals surface area contributed by atoms with Crippen molar-refractivity contribution in [2.24, 2.45) is 0 Å². The molecule has 0 aromatic heterocycles. The van der Waals surface area contributed by atoms with Crippen LogP contribution in [0, 0.1) is 0 Å². The average Bonchev–Trinajstić information content (AvgIpc) is 2.77. The number of carbonyl (C=O) groups is 3. The van der Waals surface area contributed by atoms with Gasteiger partial charge in [-0.3, -0.25) is 14.4 Å². The highest BCUT2D eigenvalue weighted by Crippen LogP contribution is 2.13. The number of hydrogen-bond donors (Lipinski definition) is 3. The van der Waals surface area contributed by atoms with Crippen molar-refractivity contribution >= 4 is 29.1 Å². The summed E-state index contributed by atoms with van der Waals surface area (Å²) in [7, 11) is 3.50. The minimum Gasteiger partial charge on any atom is -0.376 e. The first-order chi connectivity index (χ1) is 14.9. The number of aryl methyl sites for hydroxylation is 1. The van der Waals surface area contributed by atoms with Crippen LogP contribution >= 0.6 is 0 Å². The van der Waals surface area contributed by atoms with Gasteiger partial charge in [0.1, 0.15) is 0 Å². The first-order valence-electron chi connectivity index (χ1n) is 10.6. The lowest BCUT2D eigenvalue weighted by Gasteiger charge is -2.11. The molecule has 0 aliphatic carbocycles. The molecule has 2 aromatic carbocycles. The summed E-state index contributed by atoms with van der Waals surface area (Å²) in [6, 6.07) is 14.6. The third kappa shape index (κ3) is 8.50. The molecule has 2 rings (SSSR count). The van der Waals surface area contributed by atoms with Crippen molar-refractivity contribution in [3.8, 4) is 0 Å².